The Balaban J connectivity index is 4.55. The molecule has 0 aliphatic carbocycles. The monoisotopic (exact) mass is 926 g/mol. The summed E-state index contributed by atoms with van der Waals surface area (Å²) in [6, 6.07) is -0.710. The molecule has 0 aliphatic heterocycles. The van der Waals surface area contributed by atoms with Gasteiger partial charge in [-0.3, -0.25) is 9.59 Å². The SMILES string of the molecule is CC/C=C/C/C=C/C/C=C/CCCCCCC(CC(=O)NC(CO)C(O)CCCCCCCCCCCCCCCCCC)OC(=O)CCCCCCCCC/C=C/CCCCCCCC. The number of carbonyl (C=O) groups excluding carboxylic acids is 2. The van der Waals surface area contributed by atoms with E-state index in [1.165, 1.54) is 161 Å². The molecule has 0 saturated heterocycles. The van der Waals surface area contributed by atoms with E-state index >= 15 is 0 Å². The summed E-state index contributed by atoms with van der Waals surface area (Å²) in [4.78, 5) is 26.3. The molecule has 0 aromatic heterocycles. The average molecular weight is 927 g/mol. The van der Waals surface area contributed by atoms with Crippen LogP contribution < -0.4 is 5.32 Å². The molecule has 1 amide bonds. The maximum Gasteiger partial charge on any atom is 0.306 e. The van der Waals surface area contributed by atoms with Crippen molar-refractivity contribution >= 4 is 11.9 Å². The van der Waals surface area contributed by atoms with E-state index in [4.69, 9.17) is 4.74 Å². The standard InChI is InChI=1S/C60H111NO5/c1-4-7-10-13-16-19-22-25-28-30-32-35-38-41-44-47-50-53-60(65)66-56(51-48-45-42-39-36-33-27-24-21-18-15-12-9-6-3)54-59(64)61-57(55-62)58(63)52-49-46-43-40-37-34-31-29-26-23-20-17-14-11-8-5-2/h9,12,18,21,25,27-28,33,56-58,62-63H,4-8,10-11,13-17,19-20,22-24,26,29-32,34-55H2,1-3H3,(H,61,64)/b12-9+,21-18+,28-25+,33-27+. The van der Waals surface area contributed by atoms with Crippen molar-refractivity contribution in [3.63, 3.8) is 0 Å². The minimum absolute atomic E-state index is 0.0622. The Labute approximate surface area is 410 Å². The molecule has 0 radical (unpaired) electrons. The van der Waals surface area contributed by atoms with Gasteiger partial charge in [0.15, 0.2) is 0 Å². The van der Waals surface area contributed by atoms with Crippen molar-refractivity contribution in [2.75, 3.05) is 6.61 Å². The van der Waals surface area contributed by atoms with Crippen LogP contribution in [0.3, 0.4) is 0 Å². The zero-order valence-corrected chi connectivity index (χ0v) is 44.1. The van der Waals surface area contributed by atoms with Crippen LogP contribution in [0, 0.1) is 0 Å². The summed E-state index contributed by atoms with van der Waals surface area (Å²) in [5, 5.41) is 23.9. The number of hydrogen-bond acceptors (Lipinski definition) is 5. The van der Waals surface area contributed by atoms with Gasteiger partial charge in [-0.2, -0.15) is 0 Å². The van der Waals surface area contributed by atoms with E-state index in [0.29, 0.717) is 19.3 Å². The Morgan fingerprint density at radius 2 is 0.818 bits per heavy atom. The first-order valence-corrected chi connectivity index (χ1v) is 28.9. The Kier molecular flexibility index (Phi) is 52.0. The molecule has 0 fully saturated rings. The zero-order valence-electron chi connectivity index (χ0n) is 44.1. The molecule has 386 valence electrons. The lowest BCUT2D eigenvalue weighted by atomic mass is 10.0. The first-order valence-electron chi connectivity index (χ1n) is 28.9. The Morgan fingerprint density at radius 3 is 1.26 bits per heavy atom. The van der Waals surface area contributed by atoms with Gasteiger partial charge >= 0.3 is 5.97 Å². The number of nitrogens with one attached hydrogen (secondary N) is 1. The van der Waals surface area contributed by atoms with Crippen LogP contribution in [0.25, 0.3) is 0 Å². The summed E-state index contributed by atoms with van der Waals surface area (Å²) in [6.07, 6.45) is 66.0. The van der Waals surface area contributed by atoms with Gasteiger partial charge in [-0.05, 0) is 83.5 Å². The van der Waals surface area contributed by atoms with E-state index in [2.05, 4.69) is 74.7 Å². The first-order chi connectivity index (χ1) is 32.5. The van der Waals surface area contributed by atoms with Crippen molar-refractivity contribution in [2.24, 2.45) is 0 Å². The molecular weight excluding hydrogens is 815 g/mol. The Morgan fingerprint density at radius 1 is 0.455 bits per heavy atom. The molecule has 3 N–H and O–H groups in total. The summed E-state index contributed by atoms with van der Waals surface area (Å²) in [5.41, 5.74) is 0. The highest BCUT2D eigenvalue weighted by Gasteiger charge is 2.24. The molecule has 0 spiro atoms. The van der Waals surface area contributed by atoms with Crippen LogP contribution in [-0.2, 0) is 14.3 Å². The van der Waals surface area contributed by atoms with Crippen LogP contribution in [0.1, 0.15) is 297 Å². The highest BCUT2D eigenvalue weighted by Crippen LogP contribution is 2.18. The Bertz CT molecular complexity index is 1130. The normalized spacial score (nSPS) is 13.5. The van der Waals surface area contributed by atoms with Crippen LogP contribution in [0.15, 0.2) is 48.6 Å². The quantitative estimate of drug-likeness (QED) is 0.0321. The van der Waals surface area contributed by atoms with Gasteiger partial charge in [0.05, 0.1) is 25.2 Å². The number of carbonyl (C=O) groups is 2. The maximum atomic E-state index is 13.3. The summed E-state index contributed by atoms with van der Waals surface area (Å²) >= 11 is 0. The maximum absolute atomic E-state index is 13.3. The van der Waals surface area contributed by atoms with Crippen molar-refractivity contribution in [2.45, 2.75) is 315 Å². The highest BCUT2D eigenvalue weighted by atomic mass is 16.5. The number of hydrogen-bond donors (Lipinski definition) is 3. The van der Waals surface area contributed by atoms with Gasteiger partial charge in [-0.25, -0.2) is 0 Å². The fraction of sp³-hybridized carbons (Fsp3) is 0.833. The summed E-state index contributed by atoms with van der Waals surface area (Å²) in [7, 11) is 0. The lowest BCUT2D eigenvalue weighted by Crippen LogP contribution is -2.46. The van der Waals surface area contributed by atoms with Crippen LogP contribution >= 0.6 is 0 Å². The fourth-order valence-corrected chi connectivity index (χ4v) is 8.79. The molecular formula is C60H111NO5. The molecule has 3 unspecified atom stereocenters. The second-order valence-electron chi connectivity index (χ2n) is 19.7. The molecule has 6 nitrogen and oxygen atoms in total. The topological polar surface area (TPSA) is 95.9 Å². The van der Waals surface area contributed by atoms with Gasteiger partial charge in [0.2, 0.25) is 5.91 Å². The molecule has 0 aliphatic rings. The molecule has 0 saturated carbocycles. The van der Waals surface area contributed by atoms with E-state index in [1.54, 1.807) is 0 Å². The van der Waals surface area contributed by atoms with Gasteiger partial charge in [0.1, 0.15) is 6.10 Å². The number of amides is 1. The fourth-order valence-electron chi connectivity index (χ4n) is 8.79. The first kappa shape index (κ1) is 63.8. The number of aliphatic hydroxyl groups excluding tert-OH is 2. The summed E-state index contributed by atoms with van der Waals surface area (Å²) < 4.78 is 5.95. The summed E-state index contributed by atoms with van der Waals surface area (Å²) in [6.45, 7) is 6.39. The number of ether oxygens (including phenoxy) is 1. The van der Waals surface area contributed by atoms with Gasteiger partial charge in [-0.1, -0.05) is 249 Å². The second-order valence-corrected chi connectivity index (χ2v) is 19.7. The molecule has 3 atom stereocenters. The van der Waals surface area contributed by atoms with Crippen LogP contribution in [0.2, 0.25) is 0 Å². The van der Waals surface area contributed by atoms with Crippen LogP contribution in [0.4, 0.5) is 0 Å². The van der Waals surface area contributed by atoms with Crippen molar-refractivity contribution in [1.29, 1.82) is 0 Å². The third-order valence-electron chi connectivity index (χ3n) is 13.1. The predicted molar refractivity (Wildman–Crippen MR) is 287 cm³/mol. The van der Waals surface area contributed by atoms with Crippen LogP contribution in [-0.4, -0.2) is 46.9 Å². The number of allylic oxidation sites excluding steroid dienone is 8. The number of rotatable bonds is 52. The van der Waals surface area contributed by atoms with Crippen molar-refractivity contribution in [3.05, 3.63) is 48.6 Å². The Hall–Kier alpha value is -2.18. The minimum Gasteiger partial charge on any atom is -0.462 e. The van der Waals surface area contributed by atoms with Crippen LogP contribution in [0.5, 0.6) is 0 Å². The van der Waals surface area contributed by atoms with E-state index in [9.17, 15) is 19.8 Å². The number of unbranched alkanes of at least 4 members (excludes halogenated alkanes) is 32. The highest BCUT2D eigenvalue weighted by molar-refractivity contribution is 5.77. The third kappa shape index (κ3) is 48.3. The second kappa shape index (κ2) is 53.8. The van der Waals surface area contributed by atoms with E-state index in [-0.39, 0.29) is 24.9 Å². The average Bonchev–Trinajstić information content (AvgIpc) is 3.31. The third-order valence-corrected chi connectivity index (χ3v) is 13.1. The van der Waals surface area contributed by atoms with E-state index < -0.39 is 18.2 Å². The molecule has 0 aromatic carbocycles. The predicted octanol–water partition coefficient (Wildman–Crippen LogP) is 17.8. The van der Waals surface area contributed by atoms with E-state index in [1.807, 2.05) is 0 Å². The van der Waals surface area contributed by atoms with Gasteiger partial charge < -0.3 is 20.3 Å². The molecule has 0 bridgehead atoms. The van der Waals surface area contributed by atoms with E-state index in [0.717, 1.165) is 89.9 Å². The van der Waals surface area contributed by atoms with Crippen molar-refractivity contribution < 1.29 is 24.5 Å². The smallest absolute Gasteiger partial charge is 0.306 e. The number of aliphatic hydroxyl groups is 2. The lowest BCUT2D eigenvalue weighted by Gasteiger charge is -2.24. The van der Waals surface area contributed by atoms with Crippen molar-refractivity contribution in [1.82, 2.24) is 5.32 Å². The lowest BCUT2D eigenvalue weighted by molar-refractivity contribution is -0.151. The largest absolute Gasteiger partial charge is 0.462 e. The summed E-state index contributed by atoms with van der Waals surface area (Å²) in [5.74, 6) is -0.491. The van der Waals surface area contributed by atoms with Gasteiger partial charge in [0, 0.05) is 6.42 Å². The van der Waals surface area contributed by atoms with Gasteiger partial charge in [-0.15, -0.1) is 0 Å². The minimum atomic E-state index is -0.795. The molecule has 0 rings (SSSR count). The molecule has 6 heteroatoms. The zero-order chi connectivity index (χ0) is 48.1. The molecule has 66 heavy (non-hydrogen) atoms. The molecule has 0 aromatic rings. The van der Waals surface area contributed by atoms with Crippen molar-refractivity contribution in [3.8, 4) is 0 Å². The van der Waals surface area contributed by atoms with Gasteiger partial charge in [0.25, 0.3) is 0 Å². The molecule has 0 heterocycles. The number of esters is 1.